The number of aromatic nitrogens is 5. The van der Waals surface area contributed by atoms with Crippen molar-refractivity contribution in [2.75, 3.05) is 7.11 Å². The van der Waals surface area contributed by atoms with E-state index in [-0.39, 0.29) is 16.9 Å². The molecule has 0 bridgehead atoms. The minimum atomic E-state index is -0.315. The number of methoxy groups -OCH3 is 1. The van der Waals surface area contributed by atoms with Gasteiger partial charge >= 0.3 is 0 Å². The van der Waals surface area contributed by atoms with Crippen LogP contribution in [0, 0.1) is 12.7 Å². The van der Waals surface area contributed by atoms with Gasteiger partial charge in [0.05, 0.1) is 24.9 Å². The smallest absolute Gasteiger partial charge is 0.280 e. The van der Waals surface area contributed by atoms with Gasteiger partial charge in [0.1, 0.15) is 17.1 Å². The van der Waals surface area contributed by atoms with Crippen molar-refractivity contribution < 1.29 is 9.13 Å². The van der Waals surface area contributed by atoms with E-state index in [1.54, 1.807) is 40.6 Å². The lowest BCUT2D eigenvalue weighted by atomic mass is 10.1. The van der Waals surface area contributed by atoms with Gasteiger partial charge in [-0.25, -0.2) is 8.91 Å². The molecule has 5 aromatic rings. The molecule has 0 unspecified atom stereocenters. The standard InChI is InChI=1S/C23H18FN5O2/c1-14-20(15-7-9-17(24)10-8-15)22-26-25-21-18(29(22)27-14)11-12-28(23(21)30)13-16-5-3-4-6-19(16)31-2/h3-12H,13H2,1-2H3. The van der Waals surface area contributed by atoms with E-state index in [4.69, 9.17) is 4.74 Å². The zero-order valence-electron chi connectivity index (χ0n) is 16.9. The molecule has 8 heteroatoms. The lowest BCUT2D eigenvalue weighted by Crippen LogP contribution is -2.22. The molecule has 0 fully saturated rings. The summed E-state index contributed by atoms with van der Waals surface area (Å²) in [5.74, 6) is 0.396. The van der Waals surface area contributed by atoms with Crippen molar-refractivity contribution in [2.24, 2.45) is 0 Å². The fraction of sp³-hybridized carbons (Fsp3) is 0.130. The van der Waals surface area contributed by atoms with Crippen molar-refractivity contribution in [3.63, 3.8) is 0 Å². The molecule has 5 rings (SSSR count). The highest BCUT2D eigenvalue weighted by Gasteiger charge is 2.17. The Hall–Kier alpha value is -4.07. The predicted octanol–water partition coefficient (Wildman–Crippen LogP) is 3.61. The van der Waals surface area contributed by atoms with Crippen molar-refractivity contribution in [3.05, 3.63) is 88.2 Å². The summed E-state index contributed by atoms with van der Waals surface area (Å²) in [6.07, 6.45) is 1.72. The van der Waals surface area contributed by atoms with Gasteiger partial charge in [-0.3, -0.25) is 4.79 Å². The van der Waals surface area contributed by atoms with Gasteiger partial charge in [-0.1, -0.05) is 30.3 Å². The van der Waals surface area contributed by atoms with Crippen molar-refractivity contribution in [2.45, 2.75) is 13.5 Å². The third kappa shape index (κ3) is 3.13. The van der Waals surface area contributed by atoms with Crippen molar-refractivity contribution in [1.82, 2.24) is 24.4 Å². The number of aryl methyl sites for hydroxylation is 1. The lowest BCUT2D eigenvalue weighted by molar-refractivity contribution is 0.408. The number of para-hydroxylation sites is 1. The van der Waals surface area contributed by atoms with Crippen LogP contribution in [0.15, 0.2) is 65.6 Å². The Balaban J connectivity index is 1.65. The first-order chi connectivity index (χ1) is 15.1. The fourth-order valence-corrected chi connectivity index (χ4v) is 3.79. The van der Waals surface area contributed by atoms with Crippen LogP contribution in [-0.4, -0.2) is 31.5 Å². The van der Waals surface area contributed by atoms with Crippen molar-refractivity contribution in [3.8, 4) is 16.9 Å². The van der Waals surface area contributed by atoms with E-state index in [2.05, 4.69) is 15.3 Å². The number of halogens is 1. The number of pyridine rings is 1. The molecular weight excluding hydrogens is 397 g/mol. The second-order valence-electron chi connectivity index (χ2n) is 7.20. The molecule has 0 amide bonds. The molecule has 0 aliphatic carbocycles. The second-order valence-corrected chi connectivity index (χ2v) is 7.20. The van der Waals surface area contributed by atoms with E-state index in [1.165, 1.54) is 12.1 Å². The predicted molar refractivity (Wildman–Crippen MR) is 115 cm³/mol. The Bertz CT molecular complexity index is 1490. The molecule has 7 nitrogen and oxygen atoms in total. The van der Waals surface area contributed by atoms with Crippen LogP contribution >= 0.6 is 0 Å². The van der Waals surface area contributed by atoms with Gasteiger partial charge in [0, 0.05) is 11.8 Å². The van der Waals surface area contributed by atoms with Crippen LogP contribution in [0.3, 0.4) is 0 Å². The van der Waals surface area contributed by atoms with Gasteiger partial charge in [-0.05, 0) is 36.8 Å². The van der Waals surface area contributed by atoms with Gasteiger partial charge in [0.2, 0.25) is 0 Å². The molecule has 2 aromatic carbocycles. The monoisotopic (exact) mass is 415 g/mol. The summed E-state index contributed by atoms with van der Waals surface area (Å²) in [5.41, 5.74) is 4.16. The molecule has 3 aromatic heterocycles. The van der Waals surface area contributed by atoms with Crippen LogP contribution in [0.2, 0.25) is 0 Å². The summed E-state index contributed by atoms with van der Waals surface area (Å²) in [7, 11) is 1.60. The van der Waals surface area contributed by atoms with Crippen LogP contribution < -0.4 is 10.3 Å². The highest BCUT2D eigenvalue weighted by Crippen LogP contribution is 2.28. The molecule has 0 saturated carbocycles. The van der Waals surface area contributed by atoms with E-state index < -0.39 is 0 Å². The third-order valence-corrected chi connectivity index (χ3v) is 5.29. The van der Waals surface area contributed by atoms with E-state index >= 15 is 0 Å². The van der Waals surface area contributed by atoms with E-state index in [1.807, 2.05) is 31.2 Å². The summed E-state index contributed by atoms with van der Waals surface area (Å²) in [6.45, 7) is 2.19. The molecule has 3 heterocycles. The molecule has 0 aliphatic heterocycles. The maximum atomic E-state index is 13.3. The number of fused-ring (bicyclic) bond motifs is 3. The number of hydrogen-bond acceptors (Lipinski definition) is 5. The molecular formula is C23H18FN5O2. The van der Waals surface area contributed by atoms with Gasteiger partial charge in [-0.15, -0.1) is 10.2 Å². The Kier molecular flexibility index (Phi) is 4.47. The Labute approximate surface area is 176 Å². The van der Waals surface area contributed by atoms with Crippen LogP contribution in [0.5, 0.6) is 5.75 Å². The van der Waals surface area contributed by atoms with Gasteiger partial charge in [0.15, 0.2) is 11.2 Å². The normalized spacial score (nSPS) is 11.3. The number of nitrogens with zero attached hydrogens (tertiary/aromatic N) is 5. The first kappa shape index (κ1) is 18.9. The van der Waals surface area contributed by atoms with E-state index in [0.29, 0.717) is 29.2 Å². The molecule has 0 atom stereocenters. The molecule has 154 valence electrons. The molecule has 0 spiro atoms. The zero-order chi connectivity index (χ0) is 21.5. The minimum absolute atomic E-state index is 0.220. The summed E-state index contributed by atoms with van der Waals surface area (Å²) < 4.78 is 21.9. The first-order valence-corrected chi connectivity index (χ1v) is 9.70. The number of benzene rings is 2. The fourth-order valence-electron chi connectivity index (χ4n) is 3.79. The Morgan fingerprint density at radius 2 is 1.81 bits per heavy atom. The van der Waals surface area contributed by atoms with Gasteiger partial charge < -0.3 is 9.30 Å². The quantitative estimate of drug-likeness (QED) is 0.448. The van der Waals surface area contributed by atoms with Crippen LogP contribution in [0.25, 0.3) is 27.8 Å². The van der Waals surface area contributed by atoms with Crippen molar-refractivity contribution >= 4 is 16.7 Å². The summed E-state index contributed by atoms with van der Waals surface area (Å²) in [5, 5.41) is 13.1. The highest BCUT2D eigenvalue weighted by molar-refractivity contribution is 5.84. The molecule has 0 N–H and O–H groups in total. The topological polar surface area (TPSA) is 74.3 Å². The first-order valence-electron chi connectivity index (χ1n) is 9.70. The minimum Gasteiger partial charge on any atom is -0.496 e. The van der Waals surface area contributed by atoms with Crippen LogP contribution in [-0.2, 0) is 6.54 Å². The average molecular weight is 415 g/mol. The summed E-state index contributed by atoms with van der Waals surface area (Å²) in [6, 6.07) is 15.5. The average Bonchev–Trinajstić information content (AvgIpc) is 3.12. The van der Waals surface area contributed by atoms with Gasteiger partial charge in [0.25, 0.3) is 5.56 Å². The maximum absolute atomic E-state index is 13.3. The highest BCUT2D eigenvalue weighted by atomic mass is 19.1. The van der Waals surface area contributed by atoms with Crippen LogP contribution in [0.1, 0.15) is 11.3 Å². The molecule has 0 radical (unpaired) electrons. The SMILES string of the molecule is COc1ccccc1Cn1ccc2c(nnc3c(-c4ccc(F)cc4)c(C)nn32)c1=O. The van der Waals surface area contributed by atoms with Gasteiger partial charge in [-0.2, -0.15) is 5.10 Å². The van der Waals surface area contributed by atoms with E-state index in [0.717, 1.165) is 16.7 Å². The number of hydrogen-bond donors (Lipinski definition) is 0. The van der Waals surface area contributed by atoms with Crippen molar-refractivity contribution in [1.29, 1.82) is 0 Å². The zero-order valence-corrected chi connectivity index (χ0v) is 16.9. The summed E-state index contributed by atoms with van der Waals surface area (Å²) >= 11 is 0. The second kappa shape index (κ2) is 7.32. The third-order valence-electron chi connectivity index (χ3n) is 5.29. The largest absolute Gasteiger partial charge is 0.496 e. The Morgan fingerprint density at radius 3 is 2.58 bits per heavy atom. The molecule has 0 saturated heterocycles. The van der Waals surface area contributed by atoms with E-state index in [9.17, 15) is 9.18 Å². The maximum Gasteiger partial charge on any atom is 0.280 e. The Morgan fingerprint density at radius 1 is 1.03 bits per heavy atom. The van der Waals surface area contributed by atoms with Crippen LogP contribution in [0.4, 0.5) is 4.39 Å². The number of ether oxygens (including phenoxy) is 1. The number of rotatable bonds is 4. The molecule has 0 aliphatic rings. The lowest BCUT2D eigenvalue weighted by Gasteiger charge is -2.11. The summed E-state index contributed by atoms with van der Waals surface area (Å²) in [4.78, 5) is 13.1. The molecule has 31 heavy (non-hydrogen) atoms.